The zero-order valence-electron chi connectivity index (χ0n) is 15.3. The first-order valence-electron chi connectivity index (χ1n) is 8.20. The average Bonchev–Trinajstić information content (AvgIpc) is 3.16. The first-order chi connectivity index (χ1) is 13.4. The van der Waals surface area contributed by atoms with E-state index in [1.165, 1.54) is 33.6 Å². The highest BCUT2D eigenvalue weighted by atomic mass is 35.5. The lowest BCUT2D eigenvalue weighted by Gasteiger charge is -2.16. The van der Waals surface area contributed by atoms with Gasteiger partial charge in [-0.2, -0.15) is 0 Å². The van der Waals surface area contributed by atoms with Crippen LogP contribution in [0.5, 0.6) is 11.5 Å². The summed E-state index contributed by atoms with van der Waals surface area (Å²) in [6, 6.07) is 7.89. The third kappa shape index (κ3) is 3.86. The van der Waals surface area contributed by atoms with Gasteiger partial charge in [-0.15, -0.1) is 0 Å². The number of hydrogen-bond donors (Lipinski definition) is 1. The number of benzene rings is 2. The van der Waals surface area contributed by atoms with Crippen LogP contribution in [0.15, 0.2) is 41.1 Å². The number of nitrogens with zero attached hydrogens (tertiary/aromatic N) is 1. The van der Waals surface area contributed by atoms with Gasteiger partial charge in [0.05, 0.1) is 30.5 Å². The monoisotopic (exact) mass is 404 g/mol. The number of para-hydroxylation sites is 1. The lowest BCUT2D eigenvalue weighted by Crippen LogP contribution is -2.30. The molecule has 3 aromatic rings. The number of anilines is 1. The molecule has 1 N–H and O–H groups in total. The van der Waals surface area contributed by atoms with Crippen LogP contribution < -0.4 is 14.8 Å². The van der Waals surface area contributed by atoms with Crippen molar-refractivity contribution in [3.05, 3.63) is 47.3 Å². The summed E-state index contributed by atoms with van der Waals surface area (Å²) in [6.07, 6.45) is 0.150. The summed E-state index contributed by atoms with van der Waals surface area (Å²) in [5.41, 5.74) is 1.34. The van der Waals surface area contributed by atoms with Crippen molar-refractivity contribution in [1.29, 1.82) is 0 Å². The number of hydrogen-bond acceptors (Lipinski definition) is 7. The van der Waals surface area contributed by atoms with Crippen molar-refractivity contribution in [1.82, 2.24) is 4.98 Å². The molecule has 28 heavy (non-hydrogen) atoms. The van der Waals surface area contributed by atoms with Crippen molar-refractivity contribution in [2.45, 2.75) is 13.0 Å². The van der Waals surface area contributed by atoms with Gasteiger partial charge in [-0.05, 0) is 25.1 Å². The lowest BCUT2D eigenvalue weighted by atomic mass is 10.2. The Hall–Kier alpha value is -3.26. The fraction of sp³-hybridized carbons (Fsp3) is 0.211. The van der Waals surface area contributed by atoms with Gasteiger partial charge in [-0.3, -0.25) is 4.79 Å². The molecule has 1 heterocycles. The van der Waals surface area contributed by atoms with Crippen LogP contribution in [0.4, 0.5) is 5.69 Å². The lowest BCUT2D eigenvalue weighted by molar-refractivity contribution is -0.123. The van der Waals surface area contributed by atoms with Crippen LogP contribution >= 0.6 is 11.6 Å². The number of fused-ring (bicyclic) bond motifs is 1. The van der Waals surface area contributed by atoms with E-state index >= 15 is 0 Å². The molecule has 0 aliphatic rings. The van der Waals surface area contributed by atoms with Crippen LogP contribution in [-0.2, 0) is 9.53 Å². The maximum Gasteiger partial charge on any atom is 0.341 e. The Balaban J connectivity index is 1.74. The van der Waals surface area contributed by atoms with Crippen molar-refractivity contribution in [3.8, 4) is 11.5 Å². The molecule has 1 aromatic heterocycles. The molecule has 8 nitrogen and oxygen atoms in total. The third-order valence-corrected chi connectivity index (χ3v) is 4.26. The van der Waals surface area contributed by atoms with Crippen molar-refractivity contribution < 1.29 is 28.2 Å². The molecule has 9 heteroatoms. The molecule has 0 radical (unpaired) electrons. The highest BCUT2D eigenvalue weighted by Crippen LogP contribution is 2.36. The fourth-order valence-corrected chi connectivity index (χ4v) is 2.76. The Morgan fingerprint density at radius 1 is 1.18 bits per heavy atom. The number of aromatic nitrogens is 1. The standard InChI is InChI=1S/C19H17ClN2O6/c1-10(28-19(24)11-5-4-6-14-17(11)21-9-27-14)18(23)22-13-7-12(20)15(25-2)8-16(13)26-3/h4-10H,1-3H3,(H,22,23). The Morgan fingerprint density at radius 2 is 1.93 bits per heavy atom. The summed E-state index contributed by atoms with van der Waals surface area (Å²) in [4.78, 5) is 28.9. The van der Waals surface area contributed by atoms with E-state index in [9.17, 15) is 9.59 Å². The molecule has 0 spiro atoms. The molecule has 0 aliphatic carbocycles. The van der Waals surface area contributed by atoms with E-state index in [0.717, 1.165) is 0 Å². The van der Waals surface area contributed by atoms with Gasteiger partial charge in [-0.25, -0.2) is 9.78 Å². The van der Waals surface area contributed by atoms with Gasteiger partial charge in [0.15, 0.2) is 18.1 Å². The molecule has 0 bridgehead atoms. The molecule has 1 amide bonds. The second-order valence-electron chi connectivity index (χ2n) is 5.73. The minimum absolute atomic E-state index is 0.205. The van der Waals surface area contributed by atoms with Gasteiger partial charge >= 0.3 is 5.97 Å². The quantitative estimate of drug-likeness (QED) is 0.625. The number of methoxy groups -OCH3 is 2. The summed E-state index contributed by atoms with van der Waals surface area (Å²) < 4.78 is 20.8. The number of carbonyl (C=O) groups is 2. The number of nitrogens with one attached hydrogen (secondary N) is 1. The summed E-state index contributed by atoms with van der Waals surface area (Å²) in [5.74, 6) is -0.501. The summed E-state index contributed by atoms with van der Waals surface area (Å²) in [6.45, 7) is 1.45. The van der Waals surface area contributed by atoms with E-state index in [1.54, 1.807) is 24.3 Å². The van der Waals surface area contributed by atoms with Gasteiger partial charge in [0.25, 0.3) is 5.91 Å². The SMILES string of the molecule is COc1cc(OC)c(NC(=O)C(C)OC(=O)c2cccc3ocnc23)cc1Cl. The number of oxazole rings is 1. The highest BCUT2D eigenvalue weighted by Gasteiger charge is 2.23. The summed E-state index contributed by atoms with van der Waals surface area (Å²) in [5, 5.41) is 2.92. The molecule has 0 fully saturated rings. The molecule has 3 rings (SSSR count). The van der Waals surface area contributed by atoms with Crippen LogP contribution in [0.25, 0.3) is 11.1 Å². The molecular weight excluding hydrogens is 388 g/mol. The van der Waals surface area contributed by atoms with Crippen LogP contribution in [-0.4, -0.2) is 37.2 Å². The number of amides is 1. The number of ether oxygens (including phenoxy) is 3. The van der Waals surface area contributed by atoms with Crippen LogP contribution in [0.3, 0.4) is 0 Å². The molecule has 0 saturated heterocycles. The molecule has 1 unspecified atom stereocenters. The fourth-order valence-electron chi connectivity index (χ4n) is 2.52. The first-order valence-corrected chi connectivity index (χ1v) is 8.58. The van der Waals surface area contributed by atoms with Gasteiger partial charge in [0.2, 0.25) is 0 Å². The highest BCUT2D eigenvalue weighted by molar-refractivity contribution is 6.32. The molecule has 0 saturated carbocycles. The maximum atomic E-state index is 12.5. The second-order valence-corrected chi connectivity index (χ2v) is 6.14. The smallest absolute Gasteiger partial charge is 0.341 e. The predicted molar refractivity (Wildman–Crippen MR) is 102 cm³/mol. The van der Waals surface area contributed by atoms with E-state index in [4.69, 9.17) is 30.2 Å². The summed E-state index contributed by atoms with van der Waals surface area (Å²) >= 11 is 6.10. The summed E-state index contributed by atoms with van der Waals surface area (Å²) in [7, 11) is 2.91. The van der Waals surface area contributed by atoms with E-state index in [2.05, 4.69) is 10.3 Å². The first kappa shape index (κ1) is 19.5. The third-order valence-electron chi connectivity index (χ3n) is 3.97. The van der Waals surface area contributed by atoms with Crippen LogP contribution in [0.1, 0.15) is 17.3 Å². The van der Waals surface area contributed by atoms with E-state index in [0.29, 0.717) is 33.3 Å². The normalized spacial score (nSPS) is 11.7. The average molecular weight is 405 g/mol. The Morgan fingerprint density at radius 3 is 2.64 bits per heavy atom. The molecule has 0 aliphatic heterocycles. The van der Waals surface area contributed by atoms with Crippen molar-refractivity contribution in [2.75, 3.05) is 19.5 Å². The van der Waals surface area contributed by atoms with E-state index in [-0.39, 0.29) is 5.56 Å². The molecular formula is C19H17ClN2O6. The zero-order chi connectivity index (χ0) is 20.3. The predicted octanol–water partition coefficient (Wildman–Crippen LogP) is 3.68. The Labute approximate surface area is 165 Å². The van der Waals surface area contributed by atoms with Crippen molar-refractivity contribution in [3.63, 3.8) is 0 Å². The van der Waals surface area contributed by atoms with Gasteiger partial charge < -0.3 is 23.9 Å². The second kappa shape index (κ2) is 8.18. The number of esters is 1. The van der Waals surface area contributed by atoms with E-state index < -0.39 is 18.0 Å². The molecule has 2 aromatic carbocycles. The molecule has 146 valence electrons. The largest absolute Gasteiger partial charge is 0.495 e. The number of rotatable bonds is 6. The van der Waals surface area contributed by atoms with Crippen LogP contribution in [0, 0.1) is 0 Å². The Kier molecular flexibility index (Phi) is 5.70. The maximum absolute atomic E-state index is 12.5. The van der Waals surface area contributed by atoms with Gasteiger partial charge in [0.1, 0.15) is 17.0 Å². The van der Waals surface area contributed by atoms with Crippen LogP contribution in [0.2, 0.25) is 5.02 Å². The topological polar surface area (TPSA) is 99.9 Å². The van der Waals surface area contributed by atoms with Gasteiger partial charge in [-0.1, -0.05) is 17.7 Å². The van der Waals surface area contributed by atoms with Crippen molar-refractivity contribution in [2.24, 2.45) is 0 Å². The number of carbonyl (C=O) groups excluding carboxylic acids is 2. The van der Waals surface area contributed by atoms with E-state index in [1.807, 2.05) is 0 Å². The Bertz CT molecular complexity index is 1030. The molecule has 1 atom stereocenters. The van der Waals surface area contributed by atoms with Gasteiger partial charge in [0, 0.05) is 6.07 Å². The zero-order valence-corrected chi connectivity index (χ0v) is 16.1. The van der Waals surface area contributed by atoms with Crippen molar-refractivity contribution >= 4 is 40.3 Å². The minimum atomic E-state index is -1.08. The number of halogens is 1. The minimum Gasteiger partial charge on any atom is -0.495 e.